The van der Waals surface area contributed by atoms with E-state index in [1.165, 1.54) is 4.88 Å². The Hall–Kier alpha value is -0.780. The van der Waals surface area contributed by atoms with E-state index in [4.69, 9.17) is 12.2 Å². The van der Waals surface area contributed by atoms with Crippen molar-refractivity contribution in [3.8, 4) is 12.3 Å². The smallest absolute Gasteiger partial charge is 0.0710 e. The average Bonchev–Trinajstić information content (AvgIpc) is 2.40. The molecular weight excluding hydrogens is 142 g/mol. The number of hydrogen-bond donors (Lipinski definition) is 1. The summed E-state index contributed by atoms with van der Waals surface area (Å²) < 4.78 is 0. The molecule has 1 atom stereocenters. The predicted octanol–water partition coefficient (Wildman–Crippen LogP) is 1.25. The van der Waals surface area contributed by atoms with Crippen LogP contribution in [0.5, 0.6) is 0 Å². The van der Waals surface area contributed by atoms with Crippen molar-refractivity contribution < 1.29 is 0 Å². The van der Waals surface area contributed by atoms with Crippen LogP contribution in [0.25, 0.3) is 0 Å². The van der Waals surface area contributed by atoms with Gasteiger partial charge in [0, 0.05) is 11.3 Å². The Morgan fingerprint density at radius 1 is 1.80 bits per heavy atom. The minimum atomic E-state index is -0.126. The summed E-state index contributed by atoms with van der Waals surface area (Å²) in [6.45, 7) is 0. The van der Waals surface area contributed by atoms with Crippen molar-refractivity contribution in [2.75, 3.05) is 0 Å². The fourth-order valence-corrected chi connectivity index (χ4v) is 1.47. The van der Waals surface area contributed by atoms with E-state index < -0.39 is 0 Å². The fraction of sp³-hybridized carbons (Fsp3) is 0.250. The highest BCUT2D eigenvalue weighted by molar-refractivity contribution is 7.09. The summed E-state index contributed by atoms with van der Waals surface area (Å²) in [6.07, 6.45) is 5.92. The normalized spacial score (nSPS) is 12.4. The van der Waals surface area contributed by atoms with Gasteiger partial charge in [0.25, 0.3) is 0 Å². The molecule has 1 aromatic rings. The van der Waals surface area contributed by atoms with Crippen LogP contribution in [0.2, 0.25) is 0 Å². The Balaban J connectivity index is 2.50. The highest BCUT2D eigenvalue weighted by Crippen LogP contribution is 2.09. The zero-order valence-corrected chi connectivity index (χ0v) is 6.40. The van der Waals surface area contributed by atoms with Gasteiger partial charge in [0.2, 0.25) is 0 Å². The summed E-state index contributed by atoms with van der Waals surface area (Å²) in [5, 5.41) is 2.03. The van der Waals surface area contributed by atoms with Gasteiger partial charge in [-0.25, -0.2) is 0 Å². The molecule has 0 aromatic carbocycles. The summed E-state index contributed by atoms with van der Waals surface area (Å²) >= 11 is 1.69. The molecule has 0 aliphatic carbocycles. The Labute approximate surface area is 64.9 Å². The maximum Gasteiger partial charge on any atom is 0.0710 e. The molecule has 1 heterocycles. The van der Waals surface area contributed by atoms with Crippen LogP contribution >= 0.6 is 11.3 Å². The lowest BCUT2D eigenvalue weighted by Gasteiger charge is -1.98. The third-order valence-electron chi connectivity index (χ3n) is 1.22. The third-order valence-corrected chi connectivity index (χ3v) is 2.11. The fourth-order valence-electron chi connectivity index (χ4n) is 0.704. The van der Waals surface area contributed by atoms with Crippen LogP contribution in [0, 0.1) is 12.3 Å². The molecule has 0 fully saturated rings. The van der Waals surface area contributed by atoms with Crippen LogP contribution in [0.15, 0.2) is 17.5 Å². The van der Waals surface area contributed by atoms with Crippen LogP contribution in [0.4, 0.5) is 0 Å². The molecule has 0 radical (unpaired) electrons. The summed E-state index contributed by atoms with van der Waals surface area (Å²) in [5.41, 5.74) is 5.53. The van der Waals surface area contributed by atoms with Crippen LogP contribution in [0.3, 0.4) is 0 Å². The molecule has 1 unspecified atom stereocenters. The molecule has 52 valence electrons. The van der Waals surface area contributed by atoms with Crippen LogP contribution in [0.1, 0.15) is 4.88 Å². The van der Waals surface area contributed by atoms with E-state index in [-0.39, 0.29) is 6.04 Å². The monoisotopic (exact) mass is 151 g/mol. The first-order valence-electron chi connectivity index (χ1n) is 3.07. The quantitative estimate of drug-likeness (QED) is 0.632. The number of nitrogens with two attached hydrogens (primary N) is 1. The summed E-state index contributed by atoms with van der Waals surface area (Å²) in [4.78, 5) is 1.26. The number of rotatable bonds is 2. The van der Waals surface area contributed by atoms with E-state index in [1.54, 1.807) is 11.3 Å². The molecule has 0 spiro atoms. The van der Waals surface area contributed by atoms with Crippen molar-refractivity contribution in [2.24, 2.45) is 5.73 Å². The second-order valence-electron chi connectivity index (χ2n) is 2.06. The third kappa shape index (κ3) is 1.87. The van der Waals surface area contributed by atoms with E-state index in [2.05, 4.69) is 5.92 Å². The van der Waals surface area contributed by atoms with Gasteiger partial charge in [0.05, 0.1) is 6.04 Å². The van der Waals surface area contributed by atoms with Crippen molar-refractivity contribution in [3.63, 3.8) is 0 Å². The van der Waals surface area contributed by atoms with E-state index in [9.17, 15) is 0 Å². The second kappa shape index (κ2) is 3.40. The van der Waals surface area contributed by atoms with Crippen LogP contribution in [-0.2, 0) is 6.42 Å². The van der Waals surface area contributed by atoms with Gasteiger partial charge in [-0.1, -0.05) is 12.0 Å². The van der Waals surface area contributed by atoms with Gasteiger partial charge < -0.3 is 5.73 Å². The van der Waals surface area contributed by atoms with Crippen molar-refractivity contribution in [1.82, 2.24) is 0 Å². The minimum Gasteiger partial charge on any atom is -0.317 e. The lowest BCUT2D eigenvalue weighted by molar-refractivity contribution is 0.848. The van der Waals surface area contributed by atoms with Crippen molar-refractivity contribution in [2.45, 2.75) is 12.5 Å². The maximum atomic E-state index is 5.53. The highest BCUT2D eigenvalue weighted by atomic mass is 32.1. The van der Waals surface area contributed by atoms with E-state index in [0.29, 0.717) is 0 Å². The predicted molar refractivity (Wildman–Crippen MR) is 44.8 cm³/mol. The Morgan fingerprint density at radius 2 is 2.60 bits per heavy atom. The zero-order chi connectivity index (χ0) is 7.40. The summed E-state index contributed by atoms with van der Waals surface area (Å²) in [7, 11) is 0. The molecule has 0 bridgehead atoms. The molecular formula is C8H9NS. The van der Waals surface area contributed by atoms with Gasteiger partial charge in [-0.3, -0.25) is 0 Å². The molecule has 1 nitrogen and oxygen atoms in total. The molecule has 1 aromatic heterocycles. The zero-order valence-electron chi connectivity index (χ0n) is 5.58. The highest BCUT2D eigenvalue weighted by Gasteiger charge is 1.98. The second-order valence-corrected chi connectivity index (χ2v) is 3.09. The van der Waals surface area contributed by atoms with E-state index in [0.717, 1.165) is 6.42 Å². The molecule has 2 N–H and O–H groups in total. The van der Waals surface area contributed by atoms with Gasteiger partial charge >= 0.3 is 0 Å². The number of thiophene rings is 1. The molecule has 0 aliphatic heterocycles. The Morgan fingerprint density at radius 3 is 3.10 bits per heavy atom. The van der Waals surface area contributed by atoms with Crippen molar-refractivity contribution in [3.05, 3.63) is 22.4 Å². The molecule has 2 heteroatoms. The van der Waals surface area contributed by atoms with E-state index >= 15 is 0 Å². The first kappa shape index (κ1) is 7.33. The SMILES string of the molecule is C#CC(N)Cc1cccs1. The van der Waals surface area contributed by atoms with Gasteiger partial charge in [0.1, 0.15) is 0 Å². The lowest BCUT2D eigenvalue weighted by atomic mass is 10.2. The Bertz CT molecular complexity index is 220. The minimum absolute atomic E-state index is 0.126. The number of hydrogen-bond acceptors (Lipinski definition) is 2. The van der Waals surface area contributed by atoms with Crippen molar-refractivity contribution >= 4 is 11.3 Å². The van der Waals surface area contributed by atoms with E-state index in [1.807, 2.05) is 17.5 Å². The molecule has 10 heavy (non-hydrogen) atoms. The van der Waals surface area contributed by atoms with Gasteiger partial charge in [-0.15, -0.1) is 17.8 Å². The first-order valence-corrected chi connectivity index (χ1v) is 3.95. The topological polar surface area (TPSA) is 26.0 Å². The Kier molecular flexibility index (Phi) is 2.49. The molecule has 0 aliphatic rings. The van der Waals surface area contributed by atoms with Crippen molar-refractivity contribution in [1.29, 1.82) is 0 Å². The average molecular weight is 151 g/mol. The maximum absolute atomic E-state index is 5.53. The molecule has 0 saturated heterocycles. The van der Waals surface area contributed by atoms with Crippen LogP contribution in [-0.4, -0.2) is 6.04 Å². The lowest BCUT2D eigenvalue weighted by Crippen LogP contribution is -2.19. The van der Waals surface area contributed by atoms with Crippen LogP contribution < -0.4 is 5.73 Å². The summed E-state index contributed by atoms with van der Waals surface area (Å²) in [5.74, 6) is 2.49. The molecule has 1 rings (SSSR count). The standard InChI is InChI=1S/C8H9NS/c1-2-7(9)6-8-4-3-5-10-8/h1,3-5,7H,6,9H2. The first-order chi connectivity index (χ1) is 4.83. The van der Waals surface area contributed by atoms with Gasteiger partial charge in [0.15, 0.2) is 0 Å². The summed E-state index contributed by atoms with van der Waals surface area (Å²) in [6, 6.07) is 3.92. The number of terminal acetylenes is 1. The van der Waals surface area contributed by atoms with Gasteiger partial charge in [-0.05, 0) is 11.4 Å². The van der Waals surface area contributed by atoms with Gasteiger partial charge in [-0.2, -0.15) is 0 Å². The molecule has 0 amide bonds. The molecule has 0 saturated carbocycles. The largest absolute Gasteiger partial charge is 0.317 e.